The average molecular weight is 391 g/mol. The smallest absolute Gasteiger partial charge is 0.319 e. The molecule has 3 rings (SSSR count). The molecule has 2 aromatic carbocycles. The number of rotatable bonds is 7. The van der Waals surface area contributed by atoms with E-state index >= 15 is 0 Å². The second-order valence-corrected chi connectivity index (χ2v) is 6.47. The third-order valence-electron chi connectivity index (χ3n) is 4.38. The van der Waals surface area contributed by atoms with E-state index in [1.807, 2.05) is 37.3 Å². The summed E-state index contributed by atoms with van der Waals surface area (Å²) in [6, 6.07) is 15.5. The molecule has 0 aliphatic rings. The molecule has 7 heteroatoms. The normalized spacial score (nSPS) is 11.4. The minimum Gasteiger partial charge on any atom is -0.495 e. The molecule has 0 saturated carbocycles. The molecular weight excluding hydrogens is 366 g/mol. The van der Waals surface area contributed by atoms with E-state index in [4.69, 9.17) is 4.74 Å². The lowest BCUT2D eigenvalue weighted by Gasteiger charge is -2.15. The highest BCUT2D eigenvalue weighted by atomic mass is 16.5. The van der Waals surface area contributed by atoms with Gasteiger partial charge in [0.15, 0.2) is 0 Å². The average Bonchev–Trinajstić information content (AvgIpc) is 2.75. The molecule has 0 fully saturated rings. The molecule has 0 bridgehead atoms. The Balaban J connectivity index is 1.80. The number of nitrogens with one attached hydrogen (secondary N) is 3. The number of carbonyl (C=O) groups excluding carboxylic acids is 1. The van der Waals surface area contributed by atoms with Crippen LogP contribution in [0.3, 0.4) is 0 Å². The number of hydrogen-bond donors (Lipinski definition) is 3. The highest BCUT2D eigenvalue weighted by molar-refractivity contribution is 5.91. The molecule has 0 aliphatic heterocycles. The van der Waals surface area contributed by atoms with Crippen LogP contribution in [0.2, 0.25) is 0 Å². The van der Waals surface area contributed by atoms with Crippen LogP contribution < -0.4 is 20.7 Å². The molecule has 0 saturated heterocycles. The number of anilines is 2. The zero-order valence-corrected chi connectivity index (χ0v) is 16.8. The quantitative estimate of drug-likeness (QED) is 0.553. The van der Waals surface area contributed by atoms with Crippen LogP contribution in [0.4, 0.5) is 16.3 Å². The van der Waals surface area contributed by atoms with Crippen LogP contribution in [0.25, 0.3) is 11.3 Å². The molecule has 2 amide bonds. The van der Waals surface area contributed by atoms with Crippen LogP contribution in [0, 0.1) is 0 Å². The Morgan fingerprint density at radius 3 is 2.66 bits per heavy atom. The standard InChI is InChI=1S/C22H25N5O2/c1-4-24-22(28)27-18-11-10-17(12-20(18)29-3)19-13-23-14-21(26-19)25-15(2)16-8-6-5-7-9-16/h5-15H,4H2,1-3H3,(H,25,26)(H2,24,27,28). The number of aromatic nitrogens is 2. The molecule has 0 spiro atoms. The monoisotopic (exact) mass is 391 g/mol. The fourth-order valence-electron chi connectivity index (χ4n) is 2.90. The minimum absolute atomic E-state index is 0.0962. The predicted octanol–water partition coefficient (Wildman–Crippen LogP) is 4.47. The first-order valence-corrected chi connectivity index (χ1v) is 9.47. The topological polar surface area (TPSA) is 88.2 Å². The molecule has 1 atom stereocenters. The third kappa shape index (κ3) is 5.22. The molecule has 29 heavy (non-hydrogen) atoms. The molecular formula is C22H25N5O2. The number of methoxy groups -OCH3 is 1. The van der Waals surface area contributed by atoms with Crippen molar-refractivity contribution in [2.24, 2.45) is 0 Å². The molecule has 3 N–H and O–H groups in total. The van der Waals surface area contributed by atoms with Gasteiger partial charge < -0.3 is 20.7 Å². The molecule has 1 heterocycles. The molecule has 3 aromatic rings. The second-order valence-electron chi connectivity index (χ2n) is 6.47. The summed E-state index contributed by atoms with van der Waals surface area (Å²) in [4.78, 5) is 20.8. The Morgan fingerprint density at radius 2 is 1.93 bits per heavy atom. The maximum atomic E-state index is 11.8. The van der Waals surface area contributed by atoms with Gasteiger partial charge in [-0.25, -0.2) is 9.78 Å². The van der Waals surface area contributed by atoms with Gasteiger partial charge in [-0.3, -0.25) is 4.98 Å². The first kappa shape index (κ1) is 20.1. The minimum atomic E-state index is -0.278. The zero-order valence-electron chi connectivity index (χ0n) is 16.8. The number of hydrogen-bond acceptors (Lipinski definition) is 5. The van der Waals surface area contributed by atoms with E-state index in [9.17, 15) is 4.79 Å². The summed E-state index contributed by atoms with van der Waals surface area (Å²) >= 11 is 0. The maximum absolute atomic E-state index is 11.8. The van der Waals surface area contributed by atoms with E-state index in [0.29, 0.717) is 29.5 Å². The highest BCUT2D eigenvalue weighted by Crippen LogP contribution is 2.30. The molecule has 150 valence electrons. The number of urea groups is 1. The van der Waals surface area contributed by atoms with E-state index in [2.05, 4.69) is 45.0 Å². The van der Waals surface area contributed by atoms with Crippen LogP contribution in [-0.4, -0.2) is 29.7 Å². The van der Waals surface area contributed by atoms with Crippen LogP contribution in [0.15, 0.2) is 60.9 Å². The van der Waals surface area contributed by atoms with E-state index < -0.39 is 0 Å². The summed E-state index contributed by atoms with van der Waals surface area (Å²) < 4.78 is 5.43. The van der Waals surface area contributed by atoms with Gasteiger partial charge in [0, 0.05) is 18.2 Å². The van der Waals surface area contributed by atoms with E-state index in [0.717, 1.165) is 5.56 Å². The lowest BCUT2D eigenvalue weighted by Crippen LogP contribution is -2.28. The largest absolute Gasteiger partial charge is 0.495 e. The number of carbonyl (C=O) groups is 1. The summed E-state index contributed by atoms with van der Waals surface area (Å²) in [5.74, 6) is 1.23. The first-order valence-electron chi connectivity index (χ1n) is 9.47. The summed E-state index contributed by atoms with van der Waals surface area (Å²) in [6.45, 7) is 4.48. The van der Waals surface area contributed by atoms with Crippen LogP contribution >= 0.6 is 0 Å². The summed E-state index contributed by atoms with van der Waals surface area (Å²) in [5, 5.41) is 8.85. The lowest BCUT2D eigenvalue weighted by molar-refractivity contribution is 0.252. The van der Waals surface area contributed by atoms with Crippen molar-refractivity contribution in [3.8, 4) is 17.0 Å². The van der Waals surface area contributed by atoms with Gasteiger partial charge >= 0.3 is 6.03 Å². The van der Waals surface area contributed by atoms with Crippen molar-refractivity contribution in [3.63, 3.8) is 0 Å². The maximum Gasteiger partial charge on any atom is 0.319 e. The molecule has 0 radical (unpaired) electrons. The Hall–Kier alpha value is -3.61. The fourth-order valence-corrected chi connectivity index (χ4v) is 2.90. The predicted molar refractivity (Wildman–Crippen MR) is 115 cm³/mol. The van der Waals surface area contributed by atoms with Gasteiger partial charge in [0.1, 0.15) is 11.6 Å². The Labute approximate surface area is 170 Å². The highest BCUT2D eigenvalue weighted by Gasteiger charge is 2.11. The van der Waals surface area contributed by atoms with Crippen molar-refractivity contribution < 1.29 is 9.53 Å². The van der Waals surface area contributed by atoms with Gasteiger partial charge in [-0.05, 0) is 31.5 Å². The Morgan fingerprint density at radius 1 is 1.14 bits per heavy atom. The number of amides is 2. The van der Waals surface area contributed by atoms with Gasteiger partial charge in [-0.1, -0.05) is 36.4 Å². The molecule has 7 nitrogen and oxygen atoms in total. The lowest BCUT2D eigenvalue weighted by atomic mass is 10.1. The van der Waals surface area contributed by atoms with Crippen LogP contribution in [-0.2, 0) is 0 Å². The number of ether oxygens (including phenoxy) is 1. The zero-order chi connectivity index (χ0) is 20.6. The van der Waals surface area contributed by atoms with E-state index in [-0.39, 0.29) is 12.1 Å². The van der Waals surface area contributed by atoms with Gasteiger partial charge in [-0.2, -0.15) is 0 Å². The third-order valence-corrected chi connectivity index (χ3v) is 4.38. The van der Waals surface area contributed by atoms with Crippen molar-refractivity contribution in [3.05, 3.63) is 66.5 Å². The number of nitrogens with zero attached hydrogens (tertiary/aromatic N) is 2. The van der Waals surface area contributed by atoms with E-state index in [1.165, 1.54) is 5.56 Å². The molecule has 1 aromatic heterocycles. The van der Waals surface area contributed by atoms with Crippen molar-refractivity contribution in [2.75, 3.05) is 24.3 Å². The van der Waals surface area contributed by atoms with Gasteiger partial charge in [-0.15, -0.1) is 0 Å². The SMILES string of the molecule is CCNC(=O)Nc1ccc(-c2cncc(NC(C)c3ccccc3)n2)cc1OC. The second kappa shape index (κ2) is 9.54. The van der Waals surface area contributed by atoms with Gasteiger partial charge in [0.05, 0.1) is 30.9 Å². The Bertz CT molecular complexity index is 962. The summed E-state index contributed by atoms with van der Waals surface area (Å²) in [5.41, 5.74) is 3.30. The molecule has 1 unspecified atom stereocenters. The fraction of sp³-hybridized carbons (Fsp3) is 0.227. The van der Waals surface area contributed by atoms with Crippen molar-refractivity contribution in [1.29, 1.82) is 0 Å². The first-order chi connectivity index (χ1) is 14.1. The van der Waals surface area contributed by atoms with Crippen LogP contribution in [0.5, 0.6) is 5.75 Å². The van der Waals surface area contributed by atoms with Crippen LogP contribution in [0.1, 0.15) is 25.5 Å². The summed E-state index contributed by atoms with van der Waals surface area (Å²) in [7, 11) is 1.56. The number of benzene rings is 2. The van der Waals surface area contributed by atoms with Gasteiger partial charge in [0.25, 0.3) is 0 Å². The summed E-state index contributed by atoms with van der Waals surface area (Å²) in [6.07, 6.45) is 3.40. The van der Waals surface area contributed by atoms with Crippen molar-refractivity contribution in [1.82, 2.24) is 15.3 Å². The molecule has 0 aliphatic carbocycles. The Kier molecular flexibility index (Phi) is 6.63. The van der Waals surface area contributed by atoms with Gasteiger partial charge in [0.2, 0.25) is 0 Å². The van der Waals surface area contributed by atoms with Crippen molar-refractivity contribution in [2.45, 2.75) is 19.9 Å². The van der Waals surface area contributed by atoms with Crippen molar-refractivity contribution >= 4 is 17.5 Å². The van der Waals surface area contributed by atoms with E-state index in [1.54, 1.807) is 25.6 Å².